The quantitative estimate of drug-likeness (QED) is 0.878. The Morgan fingerprint density at radius 3 is 2.52 bits per heavy atom. The first-order valence-electron chi connectivity index (χ1n) is 6.77. The summed E-state index contributed by atoms with van der Waals surface area (Å²) in [5, 5.41) is 6.61. The van der Waals surface area contributed by atoms with Gasteiger partial charge in [-0.25, -0.2) is 4.39 Å². The van der Waals surface area contributed by atoms with Gasteiger partial charge >= 0.3 is 6.18 Å². The maximum absolute atomic E-state index is 13.7. The Balaban J connectivity index is 2.25. The van der Waals surface area contributed by atoms with E-state index in [1.54, 1.807) is 31.8 Å². The molecule has 0 spiro atoms. The Morgan fingerprint density at radius 2 is 2.00 bits per heavy atom. The minimum Gasteiger partial charge on any atom is -0.345 e. The van der Waals surface area contributed by atoms with E-state index in [1.165, 1.54) is 0 Å². The van der Waals surface area contributed by atoms with Gasteiger partial charge in [-0.1, -0.05) is 0 Å². The van der Waals surface area contributed by atoms with Crippen molar-refractivity contribution in [1.82, 2.24) is 15.1 Å². The number of rotatable bonds is 3. The van der Waals surface area contributed by atoms with Crippen LogP contribution in [0.2, 0.25) is 0 Å². The van der Waals surface area contributed by atoms with Gasteiger partial charge in [0.15, 0.2) is 0 Å². The Kier molecular flexibility index (Phi) is 4.44. The highest BCUT2D eigenvalue weighted by atomic mass is 19.4. The second kappa shape index (κ2) is 6.02. The molecule has 1 atom stereocenters. The third-order valence-corrected chi connectivity index (χ3v) is 3.40. The topological polar surface area (TPSA) is 46.9 Å². The summed E-state index contributed by atoms with van der Waals surface area (Å²) in [6.07, 6.45) is -2.96. The van der Waals surface area contributed by atoms with Crippen LogP contribution in [0.15, 0.2) is 24.4 Å². The van der Waals surface area contributed by atoms with Gasteiger partial charge < -0.3 is 5.32 Å². The number of halogens is 4. The smallest absolute Gasteiger partial charge is 0.345 e. The molecule has 1 heterocycles. The van der Waals surface area contributed by atoms with E-state index in [0.717, 1.165) is 0 Å². The highest BCUT2D eigenvalue weighted by molar-refractivity contribution is 5.95. The first kappa shape index (κ1) is 17.0. The number of carbonyl (C=O) groups is 1. The highest BCUT2D eigenvalue weighted by Gasteiger charge is 2.32. The minimum absolute atomic E-state index is 0.507. The van der Waals surface area contributed by atoms with Crippen molar-refractivity contribution in [3.8, 4) is 0 Å². The molecule has 0 aliphatic carbocycles. The van der Waals surface area contributed by atoms with Gasteiger partial charge in [0.2, 0.25) is 0 Å². The number of alkyl halides is 3. The predicted octanol–water partition coefficient (Wildman–Crippen LogP) is 3.38. The molecule has 2 rings (SSSR count). The molecule has 1 amide bonds. The minimum atomic E-state index is -4.64. The second-order valence-electron chi connectivity index (χ2n) is 5.23. The number of benzene rings is 1. The van der Waals surface area contributed by atoms with Gasteiger partial charge in [0, 0.05) is 18.8 Å². The molecule has 0 saturated carbocycles. The van der Waals surface area contributed by atoms with Crippen molar-refractivity contribution in [3.05, 3.63) is 52.6 Å². The first-order valence-corrected chi connectivity index (χ1v) is 6.77. The van der Waals surface area contributed by atoms with Crippen molar-refractivity contribution in [3.63, 3.8) is 0 Å². The van der Waals surface area contributed by atoms with E-state index >= 15 is 0 Å². The summed E-state index contributed by atoms with van der Waals surface area (Å²) in [4.78, 5) is 12.1. The molecule has 1 unspecified atom stereocenters. The average molecular weight is 329 g/mol. The fourth-order valence-corrected chi connectivity index (χ4v) is 2.27. The van der Waals surface area contributed by atoms with Crippen molar-refractivity contribution in [2.45, 2.75) is 26.1 Å². The zero-order chi connectivity index (χ0) is 17.4. The molecule has 23 heavy (non-hydrogen) atoms. The maximum Gasteiger partial charge on any atom is 0.416 e. The molecule has 1 N–H and O–H groups in total. The second-order valence-corrected chi connectivity index (χ2v) is 5.23. The van der Waals surface area contributed by atoms with Gasteiger partial charge in [-0.05, 0) is 32.0 Å². The van der Waals surface area contributed by atoms with Gasteiger partial charge in [0.1, 0.15) is 5.82 Å². The third-order valence-electron chi connectivity index (χ3n) is 3.40. The van der Waals surface area contributed by atoms with Crippen LogP contribution < -0.4 is 5.32 Å². The number of carbonyl (C=O) groups excluding carboxylic acids is 1. The summed E-state index contributed by atoms with van der Waals surface area (Å²) in [6, 6.07) is 1.22. The van der Waals surface area contributed by atoms with Crippen molar-refractivity contribution in [1.29, 1.82) is 0 Å². The van der Waals surface area contributed by atoms with Crippen LogP contribution in [0.4, 0.5) is 17.6 Å². The zero-order valence-corrected chi connectivity index (χ0v) is 12.7. The van der Waals surface area contributed by atoms with Crippen LogP contribution in [0.25, 0.3) is 0 Å². The molecule has 0 saturated heterocycles. The van der Waals surface area contributed by atoms with Gasteiger partial charge in [-0.2, -0.15) is 18.3 Å². The predicted molar refractivity (Wildman–Crippen MR) is 75.2 cm³/mol. The lowest BCUT2D eigenvalue weighted by atomic mass is 10.1. The van der Waals surface area contributed by atoms with Crippen LogP contribution in [0.1, 0.15) is 40.1 Å². The average Bonchev–Trinajstić information content (AvgIpc) is 2.76. The van der Waals surface area contributed by atoms with Crippen molar-refractivity contribution >= 4 is 5.91 Å². The molecule has 4 nitrogen and oxygen atoms in total. The Morgan fingerprint density at radius 1 is 1.35 bits per heavy atom. The third kappa shape index (κ3) is 3.69. The van der Waals surface area contributed by atoms with E-state index < -0.39 is 35.1 Å². The summed E-state index contributed by atoms with van der Waals surface area (Å²) < 4.78 is 53.3. The van der Waals surface area contributed by atoms with Gasteiger partial charge in [0.25, 0.3) is 5.91 Å². The normalized spacial score (nSPS) is 13.0. The van der Waals surface area contributed by atoms with Crippen LogP contribution in [0, 0.1) is 12.7 Å². The van der Waals surface area contributed by atoms with Gasteiger partial charge in [-0.15, -0.1) is 0 Å². The molecule has 0 radical (unpaired) electrons. The number of aryl methyl sites for hydroxylation is 2. The Bertz CT molecular complexity index is 737. The zero-order valence-electron chi connectivity index (χ0n) is 12.7. The first-order chi connectivity index (χ1) is 10.6. The lowest BCUT2D eigenvalue weighted by Gasteiger charge is -2.15. The Labute approximate surface area is 130 Å². The molecule has 0 aliphatic heterocycles. The van der Waals surface area contributed by atoms with E-state index in [0.29, 0.717) is 29.5 Å². The number of hydrogen-bond acceptors (Lipinski definition) is 2. The number of nitrogens with zero attached hydrogens (tertiary/aromatic N) is 2. The van der Waals surface area contributed by atoms with Crippen LogP contribution in [0.3, 0.4) is 0 Å². The summed E-state index contributed by atoms with van der Waals surface area (Å²) in [6.45, 7) is 3.39. The molecule has 1 aromatic carbocycles. The standard InChI is InChI=1S/C15H15F4N3O/c1-8(12-7-22(3)21-9(12)2)20-14(23)11-6-10(15(17,18)19)4-5-13(11)16/h4-8H,1-3H3,(H,20,23). The lowest BCUT2D eigenvalue weighted by molar-refractivity contribution is -0.137. The molecule has 1 aromatic heterocycles. The van der Waals surface area contributed by atoms with Crippen LogP contribution >= 0.6 is 0 Å². The summed E-state index contributed by atoms with van der Waals surface area (Å²) >= 11 is 0. The molecule has 0 fully saturated rings. The van der Waals surface area contributed by atoms with Crippen LogP contribution in [-0.4, -0.2) is 15.7 Å². The monoisotopic (exact) mass is 329 g/mol. The van der Waals surface area contributed by atoms with Crippen molar-refractivity contribution in [2.75, 3.05) is 0 Å². The van der Waals surface area contributed by atoms with Crippen LogP contribution in [-0.2, 0) is 13.2 Å². The lowest BCUT2D eigenvalue weighted by Crippen LogP contribution is -2.28. The molecule has 2 aromatic rings. The fourth-order valence-electron chi connectivity index (χ4n) is 2.27. The maximum atomic E-state index is 13.7. The van der Waals surface area contributed by atoms with E-state index in [2.05, 4.69) is 10.4 Å². The van der Waals surface area contributed by atoms with Crippen LogP contribution in [0.5, 0.6) is 0 Å². The van der Waals surface area contributed by atoms with Crippen molar-refractivity contribution in [2.24, 2.45) is 7.05 Å². The largest absolute Gasteiger partial charge is 0.416 e. The van der Waals surface area contributed by atoms with E-state index in [4.69, 9.17) is 0 Å². The highest BCUT2D eigenvalue weighted by Crippen LogP contribution is 2.30. The molecular formula is C15H15F4N3O. The number of nitrogens with one attached hydrogen (secondary N) is 1. The Hall–Kier alpha value is -2.38. The molecule has 8 heteroatoms. The number of aromatic nitrogens is 2. The van der Waals surface area contributed by atoms with Gasteiger partial charge in [-0.3, -0.25) is 9.48 Å². The number of hydrogen-bond donors (Lipinski definition) is 1. The molecule has 0 bridgehead atoms. The fraction of sp³-hybridized carbons (Fsp3) is 0.333. The SMILES string of the molecule is Cc1nn(C)cc1C(C)NC(=O)c1cc(C(F)(F)F)ccc1F. The number of amides is 1. The van der Waals surface area contributed by atoms with Gasteiger partial charge in [0.05, 0.1) is 22.9 Å². The van der Waals surface area contributed by atoms with E-state index in [1.807, 2.05) is 0 Å². The summed E-state index contributed by atoms with van der Waals surface area (Å²) in [7, 11) is 1.71. The van der Waals surface area contributed by atoms with E-state index in [9.17, 15) is 22.4 Å². The molecule has 0 aliphatic rings. The molecule has 124 valence electrons. The van der Waals surface area contributed by atoms with E-state index in [-0.39, 0.29) is 0 Å². The van der Waals surface area contributed by atoms with Crippen molar-refractivity contribution < 1.29 is 22.4 Å². The summed E-state index contributed by atoms with van der Waals surface area (Å²) in [5.74, 6) is -1.92. The summed E-state index contributed by atoms with van der Waals surface area (Å²) in [5.41, 5.74) is -0.347. The molecular weight excluding hydrogens is 314 g/mol.